The SMILES string of the molecule is C#Cc1cccc2cc(O)cc(-c3ccc4c(N5CC6CCC(C5)N6)nc(OCC5(CN6C7CCC6CC(C(O)OC)C7)CC5)nc4c3F)c12. The van der Waals surface area contributed by atoms with Crippen LogP contribution in [0.1, 0.15) is 56.9 Å². The van der Waals surface area contributed by atoms with Gasteiger partial charge in [-0.1, -0.05) is 24.1 Å². The number of ether oxygens (including phenoxy) is 2. The number of hydrogen-bond acceptors (Lipinski definition) is 9. The van der Waals surface area contributed by atoms with Crippen molar-refractivity contribution in [1.82, 2.24) is 20.2 Å². The Kier molecular flexibility index (Phi) is 7.88. The molecule has 9 rings (SSSR count). The molecular weight excluding hydrogens is 633 g/mol. The molecule has 5 atom stereocenters. The number of phenols is 1. The van der Waals surface area contributed by atoms with E-state index in [0.717, 1.165) is 76.4 Å². The van der Waals surface area contributed by atoms with E-state index in [1.54, 1.807) is 25.3 Å². The molecule has 4 saturated heterocycles. The molecule has 9 nitrogen and oxygen atoms in total. The fourth-order valence-electron chi connectivity index (χ4n) is 9.48. The molecule has 5 heterocycles. The van der Waals surface area contributed by atoms with E-state index in [1.165, 1.54) is 0 Å². The number of halogens is 1. The van der Waals surface area contributed by atoms with Crippen LogP contribution in [-0.4, -0.2) is 88.9 Å². The fraction of sp³-hybridized carbons (Fsp3) is 0.500. The Bertz CT molecular complexity index is 1990. The van der Waals surface area contributed by atoms with Crippen LogP contribution in [0.2, 0.25) is 0 Å². The second-order valence-corrected chi connectivity index (χ2v) is 15.4. The van der Waals surface area contributed by atoms with Crippen LogP contribution in [-0.2, 0) is 4.74 Å². The maximum absolute atomic E-state index is 17.0. The van der Waals surface area contributed by atoms with Crippen molar-refractivity contribution in [1.29, 1.82) is 0 Å². The third-order valence-corrected chi connectivity index (χ3v) is 12.2. The molecule has 1 aliphatic carbocycles. The molecule has 50 heavy (non-hydrogen) atoms. The smallest absolute Gasteiger partial charge is 0.319 e. The highest BCUT2D eigenvalue weighted by Gasteiger charge is 2.51. The summed E-state index contributed by atoms with van der Waals surface area (Å²) in [5.41, 5.74) is 1.66. The van der Waals surface area contributed by atoms with Crippen molar-refractivity contribution in [2.75, 3.05) is 38.3 Å². The largest absolute Gasteiger partial charge is 0.508 e. The number of aromatic hydroxyl groups is 1. The van der Waals surface area contributed by atoms with Crippen LogP contribution in [0.25, 0.3) is 32.8 Å². The highest BCUT2D eigenvalue weighted by molar-refractivity contribution is 6.04. The average Bonchev–Trinajstić information content (AvgIpc) is 3.76. The number of aliphatic hydroxyl groups is 1. The summed E-state index contributed by atoms with van der Waals surface area (Å²) < 4.78 is 28.8. The number of nitrogens with one attached hydrogen (secondary N) is 1. The first-order chi connectivity index (χ1) is 24.3. The summed E-state index contributed by atoms with van der Waals surface area (Å²) in [5, 5.41) is 26.8. The van der Waals surface area contributed by atoms with Gasteiger partial charge < -0.3 is 29.9 Å². The van der Waals surface area contributed by atoms with Gasteiger partial charge in [-0.15, -0.1) is 6.42 Å². The third-order valence-electron chi connectivity index (χ3n) is 12.2. The van der Waals surface area contributed by atoms with Crippen molar-refractivity contribution in [3.05, 3.63) is 53.8 Å². The molecule has 1 saturated carbocycles. The Morgan fingerprint density at radius 3 is 2.50 bits per heavy atom. The lowest BCUT2D eigenvalue weighted by molar-refractivity contribution is -0.132. The molecule has 3 N–H and O–H groups in total. The minimum atomic E-state index is -0.699. The van der Waals surface area contributed by atoms with Crippen LogP contribution in [0.15, 0.2) is 42.5 Å². The van der Waals surface area contributed by atoms with Crippen LogP contribution in [0, 0.1) is 29.5 Å². The molecule has 10 heteroatoms. The van der Waals surface area contributed by atoms with Gasteiger partial charge in [-0.25, -0.2) is 4.39 Å². The number of methoxy groups -OCH3 is 1. The van der Waals surface area contributed by atoms with E-state index >= 15 is 4.39 Å². The molecule has 0 spiro atoms. The number of aliphatic hydroxyl groups excluding tert-OH is 1. The first-order valence-electron chi connectivity index (χ1n) is 18.1. The van der Waals surface area contributed by atoms with Crippen molar-refractivity contribution >= 4 is 27.5 Å². The van der Waals surface area contributed by atoms with E-state index in [9.17, 15) is 10.2 Å². The van der Waals surface area contributed by atoms with E-state index in [0.29, 0.717) is 64.1 Å². The van der Waals surface area contributed by atoms with Gasteiger partial charge in [0.25, 0.3) is 0 Å². The van der Waals surface area contributed by atoms with Crippen LogP contribution >= 0.6 is 0 Å². The zero-order chi connectivity index (χ0) is 34.1. The molecule has 3 aromatic carbocycles. The van der Waals surface area contributed by atoms with Crippen molar-refractivity contribution in [3.63, 3.8) is 0 Å². The molecule has 260 valence electrons. The highest BCUT2D eigenvalue weighted by Crippen LogP contribution is 2.50. The number of hydrogen-bond donors (Lipinski definition) is 3. The molecule has 0 amide bonds. The summed E-state index contributed by atoms with van der Waals surface area (Å²) in [7, 11) is 1.58. The molecule has 4 aliphatic heterocycles. The van der Waals surface area contributed by atoms with Gasteiger partial charge in [-0.05, 0) is 86.6 Å². The van der Waals surface area contributed by atoms with Gasteiger partial charge in [-0.3, -0.25) is 4.90 Å². The number of piperidine rings is 1. The number of anilines is 1. The second kappa shape index (κ2) is 12.3. The number of rotatable bonds is 9. The predicted molar refractivity (Wildman–Crippen MR) is 191 cm³/mol. The van der Waals surface area contributed by atoms with Gasteiger partial charge in [0.15, 0.2) is 12.1 Å². The summed E-state index contributed by atoms with van der Waals surface area (Å²) in [6.07, 6.45) is 13.7. The van der Waals surface area contributed by atoms with Crippen LogP contribution < -0.4 is 15.0 Å². The minimum absolute atomic E-state index is 0.00663. The molecule has 5 aliphatic rings. The average molecular weight is 678 g/mol. The van der Waals surface area contributed by atoms with Crippen molar-refractivity contribution < 1.29 is 24.1 Å². The predicted octanol–water partition coefficient (Wildman–Crippen LogP) is 5.58. The third kappa shape index (κ3) is 5.55. The number of aromatic nitrogens is 2. The number of terminal acetylenes is 1. The standard InChI is InChI=1S/C40H44FN5O4/c1-3-23-5-4-6-24-17-30(47)18-33(34(23)24)31-11-12-32-36(35(31)41)43-39(44-37(32)45-19-26-7-8-27(20-45)42-26)50-22-40(13-14-40)21-46-28-9-10-29(46)16-25(15-28)38(48)49-2/h1,4-6,11-12,17-18,25-29,38,42,47-48H,7-10,13-16,19-22H2,2H3. The number of benzene rings is 3. The van der Waals surface area contributed by atoms with Crippen LogP contribution in [0.4, 0.5) is 10.2 Å². The summed E-state index contributed by atoms with van der Waals surface area (Å²) in [6.45, 7) is 2.98. The molecule has 5 unspecified atom stereocenters. The minimum Gasteiger partial charge on any atom is -0.508 e. The van der Waals surface area contributed by atoms with Gasteiger partial charge in [0.1, 0.15) is 17.1 Å². The van der Waals surface area contributed by atoms with Crippen molar-refractivity contribution in [3.8, 4) is 35.2 Å². The Hall–Kier alpha value is -4.01. The van der Waals surface area contributed by atoms with Crippen molar-refractivity contribution in [2.45, 2.75) is 81.8 Å². The van der Waals surface area contributed by atoms with Crippen LogP contribution in [0.3, 0.4) is 0 Å². The number of fused-ring (bicyclic) bond motifs is 6. The first kappa shape index (κ1) is 31.9. The van der Waals surface area contributed by atoms with Gasteiger partial charge in [0, 0.05) is 84.1 Å². The Morgan fingerprint density at radius 1 is 1.04 bits per heavy atom. The van der Waals surface area contributed by atoms with Crippen molar-refractivity contribution in [2.24, 2.45) is 11.3 Å². The second-order valence-electron chi connectivity index (χ2n) is 15.4. The quantitative estimate of drug-likeness (QED) is 0.155. The summed E-state index contributed by atoms with van der Waals surface area (Å²) in [5.74, 6) is 3.15. The van der Waals surface area contributed by atoms with Gasteiger partial charge >= 0.3 is 6.01 Å². The fourth-order valence-corrected chi connectivity index (χ4v) is 9.48. The summed E-state index contributed by atoms with van der Waals surface area (Å²) >= 11 is 0. The van der Waals surface area contributed by atoms with E-state index in [2.05, 4.69) is 21.0 Å². The lowest BCUT2D eigenvalue weighted by Gasteiger charge is -2.41. The number of nitrogens with zero attached hydrogens (tertiary/aromatic N) is 4. The van der Waals surface area contributed by atoms with Gasteiger partial charge in [0.2, 0.25) is 0 Å². The monoisotopic (exact) mass is 677 g/mol. The zero-order valence-corrected chi connectivity index (χ0v) is 28.4. The van der Waals surface area contributed by atoms with Gasteiger partial charge in [0.05, 0.1) is 6.61 Å². The Morgan fingerprint density at radius 2 is 1.80 bits per heavy atom. The molecular formula is C40H44FN5O4. The highest BCUT2D eigenvalue weighted by atomic mass is 19.1. The molecule has 4 aromatic rings. The summed E-state index contributed by atoms with van der Waals surface area (Å²) in [4.78, 5) is 14.7. The molecule has 1 aromatic heterocycles. The first-order valence-corrected chi connectivity index (χ1v) is 18.1. The Balaban J connectivity index is 1.06. The van der Waals surface area contributed by atoms with E-state index < -0.39 is 12.1 Å². The van der Waals surface area contributed by atoms with E-state index in [4.69, 9.17) is 25.9 Å². The molecule has 0 radical (unpaired) electrons. The van der Waals surface area contributed by atoms with E-state index in [-0.39, 0.29) is 28.6 Å². The lowest BCUT2D eigenvalue weighted by Crippen LogP contribution is -2.51. The topological polar surface area (TPSA) is 103 Å². The molecule has 5 fully saturated rings. The number of piperazine rings is 1. The maximum atomic E-state index is 17.0. The molecule has 4 bridgehead atoms. The summed E-state index contributed by atoms with van der Waals surface area (Å²) in [6, 6.07) is 14.2. The number of phenolic OH excluding ortho intramolecular Hbond substituents is 1. The lowest BCUT2D eigenvalue weighted by atomic mass is 9.89. The van der Waals surface area contributed by atoms with E-state index in [1.807, 2.05) is 24.3 Å². The van der Waals surface area contributed by atoms with Crippen LogP contribution in [0.5, 0.6) is 11.8 Å². The Labute approximate surface area is 291 Å². The normalized spacial score (nSPS) is 27.5. The van der Waals surface area contributed by atoms with Gasteiger partial charge in [-0.2, -0.15) is 9.97 Å². The maximum Gasteiger partial charge on any atom is 0.319 e. The zero-order valence-electron chi connectivity index (χ0n) is 28.4.